The van der Waals surface area contributed by atoms with E-state index in [0.29, 0.717) is 12.5 Å². The van der Waals surface area contributed by atoms with Gasteiger partial charge < -0.3 is 9.64 Å². The molecule has 1 fully saturated rings. The molecule has 0 N–H and O–H groups in total. The predicted octanol–water partition coefficient (Wildman–Crippen LogP) is 1.89. The maximum Gasteiger partial charge on any atom is 0.186 e. The normalized spacial score (nSPS) is 23.8. The Labute approximate surface area is 105 Å². The minimum absolute atomic E-state index is 0.270. The fraction of sp³-hybridized carbons (Fsp3) is 0.667. The standard InChI is InChI=1S/C12H16N2O2S/c1-14(8-5-6-16-7-8)12-13-9-3-2-4-10(15)11(9)17-12/h8H,2-7H2,1H3. The Morgan fingerprint density at radius 3 is 3.06 bits per heavy atom. The lowest BCUT2D eigenvalue weighted by molar-refractivity contribution is 0.0976. The molecule has 1 atom stereocenters. The van der Waals surface area contributed by atoms with E-state index in [9.17, 15) is 4.79 Å². The number of nitrogens with zero attached hydrogens (tertiary/aromatic N) is 2. The Balaban J connectivity index is 1.86. The molecule has 1 aliphatic carbocycles. The van der Waals surface area contributed by atoms with E-state index in [4.69, 9.17) is 4.74 Å². The summed E-state index contributed by atoms with van der Waals surface area (Å²) in [6.45, 7) is 1.60. The van der Waals surface area contributed by atoms with Crippen molar-refractivity contribution in [3.63, 3.8) is 0 Å². The van der Waals surface area contributed by atoms with Crippen molar-refractivity contribution < 1.29 is 9.53 Å². The summed E-state index contributed by atoms with van der Waals surface area (Å²) in [4.78, 5) is 19.4. The molecule has 1 aromatic heterocycles. The summed E-state index contributed by atoms with van der Waals surface area (Å²) < 4.78 is 5.39. The van der Waals surface area contributed by atoms with E-state index >= 15 is 0 Å². The number of hydrogen-bond acceptors (Lipinski definition) is 5. The molecule has 3 rings (SSSR count). The summed E-state index contributed by atoms with van der Waals surface area (Å²) in [6.07, 6.45) is 3.64. The number of rotatable bonds is 2. The van der Waals surface area contributed by atoms with Crippen LogP contribution in [0.15, 0.2) is 0 Å². The SMILES string of the molecule is CN(c1nc2c(s1)C(=O)CCC2)C1CCOC1. The molecule has 0 aromatic carbocycles. The molecule has 5 heteroatoms. The second-order valence-corrected chi connectivity index (χ2v) is 5.65. The Bertz CT molecular complexity index is 438. The molecule has 1 aromatic rings. The fourth-order valence-corrected chi connectivity index (χ4v) is 3.50. The maximum absolute atomic E-state index is 11.8. The van der Waals surface area contributed by atoms with Crippen molar-refractivity contribution in [3.8, 4) is 0 Å². The first-order chi connectivity index (χ1) is 8.25. The fourth-order valence-electron chi connectivity index (χ4n) is 2.39. The lowest BCUT2D eigenvalue weighted by Gasteiger charge is -2.21. The van der Waals surface area contributed by atoms with E-state index in [1.165, 1.54) is 0 Å². The van der Waals surface area contributed by atoms with Gasteiger partial charge in [-0.1, -0.05) is 11.3 Å². The van der Waals surface area contributed by atoms with Gasteiger partial charge >= 0.3 is 0 Å². The first-order valence-electron chi connectivity index (χ1n) is 6.09. The Morgan fingerprint density at radius 1 is 1.47 bits per heavy atom. The van der Waals surface area contributed by atoms with Crippen molar-refractivity contribution in [3.05, 3.63) is 10.6 Å². The topological polar surface area (TPSA) is 42.4 Å². The molecular weight excluding hydrogens is 236 g/mol. The third-order valence-electron chi connectivity index (χ3n) is 3.51. The highest BCUT2D eigenvalue weighted by Gasteiger charge is 2.27. The van der Waals surface area contributed by atoms with Gasteiger partial charge in [-0.2, -0.15) is 0 Å². The molecule has 2 heterocycles. The van der Waals surface area contributed by atoms with Crippen LogP contribution < -0.4 is 4.90 Å². The van der Waals surface area contributed by atoms with Gasteiger partial charge in [-0.3, -0.25) is 4.79 Å². The Morgan fingerprint density at radius 2 is 2.35 bits per heavy atom. The zero-order valence-corrected chi connectivity index (χ0v) is 10.8. The lowest BCUT2D eigenvalue weighted by atomic mass is 10.0. The van der Waals surface area contributed by atoms with Crippen molar-refractivity contribution in [1.82, 2.24) is 4.98 Å². The summed E-state index contributed by atoms with van der Waals surface area (Å²) in [5.41, 5.74) is 1.01. The number of ketones is 1. The van der Waals surface area contributed by atoms with E-state index in [-0.39, 0.29) is 5.78 Å². The molecule has 1 unspecified atom stereocenters. The van der Waals surface area contributed by atoms with E-state index < -0.39 is 0 Å². The monoisotopic (exact) mass is 252 g/mol. The van der Waals surface area contributed by atoms with E-state index in [1.54, 1.807) is 11.3 Å². The van der Waals surface area contributed by atoms with Crippen LogP contribution in [0.25, 0.3) is 0 Å². The van der Waals surface area contributed by atoms with Gasteiger partial charge in [0.25, 0.3) is 0 Å². The van der Waals surface area contributed by atoms with Gasteiger partial charge in [-0.25, -0.2) is 4.98 Å². The number of likely N-dealkylation sites (N-methyl/N-ethyl adjacent to an activating group) is 1. The largest absolute Gasteiger partial charge is 0.379 e. The van der Waals surface area contributed by atoms with Crippen LogP contribution >= 0.6 is 11.3 Å². The van der Waals surface area contributed by atoms with Crippen LogP contribution in [0.1, 0.15) is 34.6 Å². The zero-order chi connectivity index (χ0) is 11.8. The lowest BCUT2D eigenvalue weighted by Crippen LogP contribution is -2.31. The number of Topliss-reactive ketones (excluding diaryl/α,β-unsaturated/α-hetero) is 1. The number of aromatic nitrogens is 1. The Hall–Kier alpha value is -0.940. The highest BCUT2D eigenvalue weighted by Crippen LogP contribution is 2.32. The van der Waals surface area contributed by atoms with Gasteiger partial charge in [0.15, 0.2) is 10.9 Å². The van der Waals surface area contributed by atoms with E-state index in [1.807, 2.05) is 7.05 Å². The predicted molar refractivity (Wildman–Crippen MR) is 67.0 cm³/mol. The number of hydrogen-bond donors (Lipinski definition) is 0. The number of ether oxygens (including phenoxy) is 1. The number of carbonyl (C=O) groups is 1. The van der Waals surface area contributed by atoms with Crippen LogP contribution in [-0.2, 0) is 11.2 Å². The van der Waals surface area contributed by atoms with Gasteiger partial charge in [0.2, 0.25) is 0 Å². The molecular formula is C12H16N2O2S. The smallest absolute Gasteiger partial charge is 0.186 e. The molecule has 0 radical (unpaired) electrons. The van der Waals surface area contributed by atoms with Crippen molar-refractivity contribution in [2.24, 2.45) is 0 Å². The van der Waals surface area contributed by atoms with Crippen LogP contribution in [0.5, 0.6) is 0 Å². The third kappa shape index (κ3) is 1.98. The highest BCUT2D eigenvalue weighted by molar-refractivity contribution is 7.17. The van der Waals surface area contributed by atoms with Crippen molar-refractivity contribution in [1.29, 1.82) is 0 Å². The summed E-state index contributed by atoms with van der Waals surface area (Å²) in [6, 6.07) is 0.415. The van der Waals surface area contributed by atoms with Gasteiger partial charge in [0.05, 0.1) is 23.2 Å². The molecule has 0 amide bonds. The minimum Gasteiger partial charge on any atom is -0.379 e. The number of thiazole rings is 1. The highest BCUT2D eigenvalue weighted by atomic mass is 32.1. The van der Waals surface area contributed by atoms with Crippen LogP contribution in [0.3, 0.4) is 0 Å². The molecule has 2 aliphatic rings. The molecule has 1 aliphatic heterocycles. The zero-order valence-electron chi connectivity index (χ0n) is 9.94. The van der Waals surface area contributed by atoms with Gasteiger partial charge in [-0.05, 0) is 19.3 Å². The minimum atomic E-state index is 0.270. The quantitative estimate of drug-likeness (QED) is 0.806. The number of aryl methyl sites for hydroxylation is 1. The van der Waals surface area contributed by atoms with Crippen LogP contribution in [0, 0.1) is 0 Å². The molecule has 92 valence electrons. The van der Waals surface area contributed by atoms with E-state index in [0.717, 1.165) is 48.2 Å². The second-order valence-electron chi connectivity index (χ2n) is 4.68. The molecule has 17 heavy (non-hydrogen) atoms. The summed E-state index contributed by atoms with van der Waals surface area (Å²) in [7, 11) is 2.05. The Kier molecular flexibility index (Phi) is 2.88. The summed E-state index contributed by atoms with van der Waals surface area (Å²) >= 11 is 1.55. The molecule has 0 spiro atoms. The molecule has 0 bridgehead atoms. The number of carbonyl (C=O) groups excluding carboxylic acids is 1. The second kappa shape index (κ2) is 4.38. The first-order valence-corrected chi connectivity index (χ1v) is 6.91. The number of anilines is 1. The average Bonchev–Trinajstić information content (AvgIpc) is 2.98. The number of fused-ring (bicyclic) bond motifs is 1. The van der Waals surface area contributed by atoms with Crippen molar-refractivity contribution in [2.45, 2.75) is 31.7 Å². The summed E-state index contributed by atoms with van der Waals surface area (Å²) in [5, 5.41) is 0.973. The van der Waals surface area contributed by atoms with Gasteiger partial charge in [0.1, 0.15) is 0 Å². The average molecular weight is 252 g/mol. The van der Waals surface area contributed by atoms with Crippen molar-refractivity contribution >= 4 is 22.3 Å². The molecule has 4 nitrogen and oxygen atoms in total. The van der Waals surface area contributed by atoms with Crippen LogP contribution in [-0.4, -0.2) is 37.1 Å². The summed E-state index contributed by atoms with van der Waals surface area (Å²) in [5.74, 6) is 0.270. The van der Waals surface area contributed by atoms with E-state index in [2.05, 4.69) is 9.88 Å². The van der Waals surface area contributed by atoms with Crippen LogP contribution in [0.4, 0.5) is 5.13 Å². The molecule has 1 saturated heterocycles. The first kappa shape index (κ1) is 11.2. The van der Waals surface area contributed by atoms with Gasteiger partial charge in [0, 0.05) is 20.1 Å². The maximum atomic E-state index is 11.8. The van der Waals surface area contributed by atoms with Crippen molar-refractivity contribution in [2.75, 3.05) is 25.2 Å². The van der Waals surface area contributed by atoms with Gasteiger partial charge in [-0.15, -0.1) is 0 Å². The third-order valence-corrected chi connectivity index (χ3v) is 4.74. The molecule has 0 saturated carbocycles. The van der Waals surface area contributed by atoms with Crippen LogP contribution in [0.2, 0.25) is 0 Å².